The summed E-state index contributed by atoms with van der Waals surface area (Å²) in [6.07, 6.45) is 38.2. The molecule has 52 heavy (non-hydrogen) atoms. The van der Waals surface area contributed by atoms with Crippen LogP contribution in [-0.4, -0.2) is 65.7 Å². The molecule has 0 fully saturated rings. The summed E-state index contributed by atoms with van der Waals surface area (Å²) in [6.45, 7) is 2.17. The summed E-state index contributed by atoms with van der Waals surface area (Å²) in [5, 5.41) is 18.3. The van der Waals surface area contributed by atoms with E-state index in [1.807, 2.05) is 12.2 Å². The molecule has 0 spiro atoms. The number of rotatable bonds is 37. The average Bonchev–Trinajstić information content (AvgIpc) is 3.13. The van der Waals surface area contributed by atoms with Crippen LogP contribution in [0.4, 0.5) is 0 Å². The lowest BCUT2D eigenvalue weighted by atomic mass is 10.0. The van der Waals surface area contributed by atoms with Gasteiger partial charge in [0, 0.05) is 12.8 Å². The van der Waals surface area contributed by atoms with Crippen molar-refractivity contribution in [3.05, 3.63) is 48.6 Å². The Labute approximate surface area is 315 Å². The van der Waals surface area contributed by atoms with Gasteiger partial charge in [-0.15, -0.1) is 0 Å². The maximum atomic E-state index is 12.5. The molecule has 3 unspecified atom stereocenters. The summed E-state index contributed by atoms with van der Waals surface area (Å²) in [4.78, 5) is 34.8. The molecule has 0 saturated carbocycles. The van der Waals surface area contributed by atoms with Crippen LogP contribution in [0.25, 0.3) is 0 Å². The van der Waals surface area contributed by atoms with E-state index in [1.54, 1.807) is 0 Å². The van der Waals surface area contributed by atoms with Gasteiger partial charge in [0.05, 0.1) is 19.8 Å². The number of aliphatic hydroxyl groups is 2. The Morgan fingerprint density at radius 1 is 0.596 bits per heavy atom. The van der Waals surface area contributed by atoms with E-state index in [-0.39, 0.29) is 19.4 Å². The Morgan fingerprint density at radius 2 is 1.06 bits per heavy atom. The first kappa shape index (κ1) is 49.9. The lowest BCUT2D eigenvalue weighted by molar-refractivity contribution is -0.161. The van der Waals surface area contributed by atoms with Gasteiger partial charge in [0.25, 0.3) is 0 Å². The molecule has 3 N–H and O–H groups in total. The van der Waals surface area contributed by atoms with Crippen LogP contribution in [0.1, 0.15) is 162 Å². The lowest BCUT2D eigenvalue weighted by Gasteiger charge is -2.20. The topological polar surface area (TPSA) is 149 Å². The van der Waals surface area contributed by atoms with Gasteiger partial charge in [0.2, 0.25) is 0 Å². The van der Waals surface area contributed by atoms with E-state index >= 15 is 0 Å². The van der Waals surface area contributed by atoms with Gasteiger partial charge in [-0.1, -0.05) is 159 Å². The Kier molecular flexibility index (Phi) is 35.8. The normalized spacial score (nSPS) is 14.5. The van der Waals surface area contributed by atoms with Crippen LogP contribution in [0.3, 0.4) is 0 Å². The third-order valence-electron chi connectivity index (χ3n) is 8.26. The van der Waals surface area contributed by atoms with Crippen LogP contribution < -0.4 is 0 Å². The number of esters is 2. The summed E-state index contributed by atoms with van der Waals surface area (Å²) in [5.74, 6) is -1.02. The molecule has 0 heterocycles. The zero-order valence-corrected chi connectivity index (χ0v) is 33.4. The van der Waals surface area contributed by atoms with Crippen LogP contribution >= 0.6 is 7.82 Å². The van der Waals surface area contributed by atoms with Gasteiger partial charge in [-0.25, -0.2) is 4.57 Å². The zero-order valence-electron chi connectivity index (χ0n) is 32.5. The number of ether oxygens (including phenoxy) is 2. The molecule has 302 valence electrons. The largest absolute Gasteiger partial charge is 0.472 e. The second-order valence-electron chi connectivity index (χ2n) is 13.3. The van der Waals surface area contributed by atoms with Gasteiger partial charge in [-0.2, -0.15) is 0 Å². The van der Waals surface area contributed by atoms with Crippen LogP contribution in [0.5, 0.6) is 0 Å². The summed E-state index contributed by atoms with van der Waals surface area (Å²) in [5.41, 5.74) is 0. The fourth-order valence-corrected chi connectivity index (χ4v) is 5.97. The van der Waals surface area contributed by atoms with E-state index in [4.69, 9.17) is 19.1 Å². The van der Waals surface area contributed by atoms with Crippen molar-refractivity contribution in [2.45, 2.75) is 174 Å². The molecule has 0 amide bonds. The number of unbranched alkanes of at least 4 members (excludes halogenated alkanes) is 15. The highest BCUT2D eigenvalue weighted by atomic mass is 31.2. The van der Waals surface area contributed by atoms with Gasteiger partial charge < -0.3 is 24.6 Å². The molecule has 0 saturated heterocycles. The van der Waals surface area contributed by atoms with E-state index < -0.39 is 51.8 Å². The highest BCUT2D eigenvalue weighted by Gasteiger charge is 2.27. The molecule has 3 atom stereocenters. The van der Waals surface area contributed by atoms with E-state index in [9.17, 15) is 24.2 Å². The van der Waals surface area contributed by atoms with E-state index in [0.29, 0.717) is 12.8 Å². The number of carbonyl (C=O) groups is 2. The molecule has 0 aliphatic rings. The summed E-state index contributed by atoms with van der Waals surface area (Å²) in [6, 6.07) is 0. The quantitative estimate of drug-likeness (QED) is 0.0242. The number of allylic oxidation sites excluding steroid dienone is 8. The molecule has 10 nitrogen and oxygen atoms in total. The first-order valence-electron chi connectivity index (χ1n) is 20.1. The SMILES string of the molecule is CC/C=C\C/C=C\C/C=C\C/C=C\CCC(=O)OC(COC(=O)CCCCCCCCCCCCCCCCCC)COP(=O)(O)OCC(O)CO. The first-order valence-corrected chi connectivity index (χ1v) is 21.6. The Balaban J connectivity index is 4.40. The average molecular weight is 757 g/mol. The Morgan fingerprint density at radius 3 is 1.56 bits per heavy atom. The Hall–Kier alpha value is -2.07. The van der Waals surface area contributed by atoms with E-state index in [1.165, 1.54) is 77.0 Å². The van der Waals surface area contributed by atoms with Crippen molar-refractivity contribution in [2.24, 2.45) is 0 Å². The molecule has 0 bridgehead atoms. The van der Waals surface area contributed by atoms with Gasteiger partial charge in [-0.3, -0.25) is 18.6 Å². The van der Waals surface area contributed by atoms with Crippen molar-refractivity contribution < 1.29 is 47.8 Å². The predicted molar refractivity (Wildman–Crippen MR) is 210 cm³/mol. The van der Waals surface area contributed by atoms with Gasteiger partial charge in [0.1, 0.15) is 12.7 Å². The maximum absolute atomic E-state index is 12.5. The number of hydrogen-bond donors (Lipinski definition) is 3. The number of hydrogen-bond acceptors (Lipinski definition) is 9. The number of carbonyl (C=O) groups excluding carboxylic acids is 2. The third-order valence-corrected chi connectivity index (χ3v) is 9.21. The molecular formula is C41H73O10P. The Bertz CT molecular complexity index is 1010. The molecular weight excluding hydrogens is 683 g/mol. The molecule has 0 aromatic carbocycles. The van der Waals surface area contributed by atoms with Crippen LogP contribution in [-0.2, 0) is 32.7 Å². The molecule has 0 aromatic rings. The van der Waals surface area contributed by atoms with Gasteiger partial charge >= 0.3 is 19.8 Å². The predicted octanol–water partition coefficient (Wildman–Crippen LogP) is 10.2. The van der Waals surface area contributed by atoms with Crippen molar-refractivity contribution in [2.75, 3.05) is 26.4 Å². The molecule has 0 rings (SSSR count). The van der Waals surface area contributed by atoms with Gasteiger partial charge in [0.15, 0.2) is 6.10 Å². The second-order valence-corrected chi connectivity index (χ2v) is 14.7. The minimum Gasteiger partial charge on any atom is -0.462 e. The molecule has 11 heteroatoms. The van der Waals surface area contributed by atoms with E-state index in [2.05, 4.69) is 54.8 Å². The van der Waals surface area contributed by atoms with Crippen LogP contribution in [0.2, 0.25) is 0 Å². The minimum absolute atomic E-state index is 0.0633. The molecule has 0 aliphatic heterocycles. The molecule has 0 radical (unpaired) electrons. The monoisotopic (exact) mass is 756 g/mol. The first-order chi connectivity index (χ1) is 25.2. The zero-order chi connectivity index (χ0) is 38.4. The maximum Gasteiger partial charge on any atom is 0.472 e. The number of aliphatic hydroxyl groups excluding tert-OH is 2. The second kappa shape index (κ2) is 37.3. The van der Waals surface area contributed by atoms with Crippen molar-refractivity contribution in [1.29, 1.82) is 0 Å². The summed E-state index contributed by atoms with van der Waals surface area (Å²) in [7, 11) is -4.63. The number of phosphoric acid groups is 1. The van der Waals surface area contributed by atoms with Crippen molar-refractivity contribution in [3.8, 4) is 0 Å². The summed E-state index contributed by atoms with van der Waals surface area (Å²) >= 11 is 0. The molecule has 0 aliphatic carbocycles. The third kappa shape index (κ3) is 36.3. The standard InChI is InChI=1S/C41H73O10P/c1-3-5-7-9-11-13-15-17-18-19-21-22-24-26-28-30-32-40(44)48-36-39(37-50-52(46,47)49-35-38(43)34-42)51-41(45)33-31-29-27-25-23-20-16-14-12-10-8-6-4-2/h6,8,12,14,20,23,27,29,38-39,42-43H,3-5,7,9-11,13,15-19,21-22,24-26,28,30-37H2,1-2H3,(H,46,47)/b8-6-,14-12-,23-20-,29-27-. The van der Waals surface area contributed by atoms with Crippen LogP contribution in [0.15, 0.2) is 48.6 Å². The highest BCUT2D eigenvalue weighted by molar-refractivity contribution is 7.47. The fourth-order valence-electron chi connectivity index (χ4n) is 5.18. The van der Waals surface area contributed by atoms with Crippen molar-refractivity contribution in [3.63, 3.8) is 0 Å². The molecule has 0 aromatic heterocycles. The lowest BCUT2D eigenvalue weighted by Crippen LogP contribution is -2.29. The highest BCUT2D eigenvalue weighted by Crippen LogP contribution is 2.43. The van der Waals surface area contributed by atoms with Crippen molar-refractivity contribution >= 4 is 19.8 Å². The van der Waals surface area contributed by atoms with Gasteiger partial charge in [-0.05, 0) is 38.5 Å². The van der Waals surface area contributed by atoms with Crippen LogP contribution in [0, 0.1) is 0 Å². The minimum atomic E-state index is -4.63. The van der Waals surface area contributed by atoms with Crippen molar-refractivity contribution in [1.82, 2.24) is 0 Å². The fraction of sp³-hybridized carbons (Fsp3) is 0.756. The number of phosphoric ester groups is 1. The smallest absolute Gasteiger partial charge is 0.462 e. The summed E-state index contributed by atoms with van der Waals surface area (Å²) < 4.78 is 32.5. The van der Waals surface area contributed by atoms with E-state index in [0.717, 1.165) is 44.9 Å².